The third kappa shape index (κ3) is 6.54. The summed E-state index contributed by atoms with van der Waals surface area (Å²) in [5, 5.41) is 0. The number of hydrogen-bond acceptors (Lipinski definition) is 5. The Labute approximate surface area is 166 Å². The van der Waals surface area contributed by atoms with Crippen molar-refractivity contribution in [2.75, 3.05) is 33.9 Å². The summed E-state index contributed by atoms with van der Waals surface area (Å²) in [6, 6.07) is 13.7. The number of nitrogens with one attached hydrogen (secondary N) is 1. The van der Waals surface area contributed by atoms with Gasteiger partial charge in [-0.2, -0.15) is 0 Å². The zero-order valence-corrected chi connectivity index (χ0v) is 17.2. The van der Waals surface area contributed by atoms with E-state index in [4.69, 9.17) is 9.47 Å². The summed E-state index contributed by atoms with van der Waals surface area (Å²) >= 11 is 0. The van der Waals surface area contributed by atoms with Gasteiger partial charge < -0.3 is 14.4 Å². The predicted molar refractivity (Wildman–Crippen MR) is 107 cm³/mol. The van der Waals surface area contributed by atoms with Gasteiger partial charge in [0.1, 0.15) is 18.1 Å². The highest BCUT2D eigenvalue weighted by Gasteiger charge is 2.15. The molecule has 0 aliphatic heterocycles. The first-order valence-electron chi connectivity index (χ1n) is 8.89. The highest BCUT2D eigenvalue weighted by Crippen LogP contribution is 2.16. The third-order valence-electron chi connectivity index (χ3n) is 4.14. The number of carbonyl (C=O) groups excluding carboxylic acids is 1. The number of sulfonamides is 1. The van der Waals surface area contributed by atoms with Crippen LogP contribution in [0.3, 0.4) is 0 Å². The molecule has 8 heteroatoms. The van der Waals surface area contributed by atoms with Crippen LogP contribution >= 0.6 is 0 Å². The topological polar surface area (TPSA) is 84.9 Å². The second-order valence-corrected chi connectivity index (χ2v) is 8.07. The van der Waals surface area contributed by atoms with Crippen LogP contribution in [0.25, 0.3) is 0 Å². The van der Waals surface area contributed by atoms with Crippen LogP contribution in [0.1, 0.15) is 12.0 Å². The van der Waals surface area contributed by atoms with E-state index in [2.05, 4.69) is 4.72 Å². The molecule has 152 valence electrons. The van der Waals surface area contributed by atoms with E-state index < -0.39 is 10.0 Å². The molecule has 0 spiro atoms. The molecule has 2 aromatic rings. The molecule has 0 fully saturated rings. The standard InChI is InChI=1S/C20H26N2O5S/c1-16-4-10-19(11-5-16)28(24,25)21-13-12-20(23)22(2)14-15-27-18-8-6-17(26-3)7-9-18/h4-11,21H,12-15H2,1-3H3. The number of hydrogen-bond donors (Lipinski definition) is 1. The lowest BCUT2D eigenvalue weighted by Crippen LogP contribution is -2.34. The maximum atomic E-state index is 12.2. The zero-order valence-electron chi connectivity index (χ0n) is 16.3. The van der Waals surface area contributed by atoms with Crippen LogP contribution in [-0.2, 0) is 14.8 Å². The number of amides is 1. The van der Waals surface area contributed by atoms with Gasteiger partial charge in [0.2, 0.25) is 15.9 Å². The monoisotopic (exact) mass is 406 g/mol. The Morgan fingerprint density at radius 3 is 2.25 bits per heavy atom. The van der Waals surface area contributed by atoms with Crippen LogP contribution < -0.4 is 14.2 Å². The van der Waals surface area contributed by atoms with E-state index in [1.54, 1.807) is 62.7 Å². The molecule has 7 nitrogen and oxygen atoms in total. The Bertz CT molecular complexity index is 864. The lowest BCUT2D eigenvalue weighted by atomic mass is 10.2. The van der Waals surface area contributed by atoms with Crippen LogP contribution in [0.15, 0.2) is 53.4 Å². The number of benzene rings is 2. The number of aryl methyl sites for hydroxylation is 1. The Balaban J connectivity index is 1.72. The normalized spacial score (nSPS) is 11.1. The minimum absolute atomic E-state index is 0.0404. The quantitative estimate of drug-likeness (QED) is 0.654. The Hall–Kier alpha value is -2.58. The molecule has 0 saturated carbocycles. The second kappa shape index (κ2) is 10.1. The van der Waals surface area contributed by atoms with Crippen molar-refractivity contribution in [3.8, 4) is 11.5 Å². The maximum Gasteiger partial charge on any atom is 0.240 e. The first kappa shape index (κ1) is 21.7. The number of ether oxygens (including phenoxy) is 2. The summed E-state index contributed by atoms with van der Waals surface area (Å²) < 4.78 is 37.5. The summed E-state index contributed by atoms with van der Waals surface area (Å²) in [6.07, 6.45) is 0.0735. The van der Waals surface area contributed by atoms with E-state index >= 15 is 0 Å². The van der Waals surface area contributed by atoms with Crippen LogP contribution in [0.2, 0.25) is 0 Å². The van der Waals surface area contributed by atoms with Gasteiger partial charge in [-0.1, -0.05) is 17.7 Å². The average Bonchev–Trinajstić information content (AvgIpc) is 2.68. The van der Waals surface area contributed by atoms with Crippen LogP contribution in [-0.4, -0.2) is 53.1 Å². The van der Waals surface area contributed by atoms with Crippen molar-refractivity contribution in [3.63, 3.8) is 0 Å². The van der Waals surface area contributed by atoms with Crippen molar-refractivity contribution in [1.29, 1.82) is 0 Å². The van der Waals surface area contributed by atoms with Crippen molar-refractivity contribution < 1.29 is 22.7 Å². The average molecular weight is 407 g/mol. The molecule has 0 heterocycles. The highest BCUT2D eigenvalue weighted by atomic mass is 32.2. The molecule has 1 N–H and O–H groups in total. The summed E-state index contributed by atoms with van der Waals surface area (Å²) in [6.45, 7) is 2.66. The molecule has 28 heavy (non-hydrogen) atoms. The SMILES string of the molecule is COc1ccc(OCCN(C)C(=O)CCNS(=O)(=O)c2ccc(C)cc2)cc1. The van der Waals surface area contributed by atoms with Crippen molar-refractivity contribution in [2.45, 2.75) is 18.2 Å². The largest absolute Gasteiger partial charge is 0.497 e. The fraction of sp³-hybridized carbons (Fsp3) is 0.350. The maximum absolute atomic E-state index is 12.2. The number of methoxy groups -OCH3 is 1. The van der Waals surface area contributed by atoms with Gasteiger partial charge in [-0.15, -0.1) is 0 Å². The molecule has 0 aliphatic rings. The lowest BCUT2D eigenvalue weighted by Gasteiger charge is -2.18. The first-order valence-corrected chi connectivity index (χ1v) is 10.4. The van der Waals surface area contributed by atoms with Gasteiger partial charge in [0.05, 0.1) is 18.6 Å². The fourth-order valence-corrected chi connectivity index (χ4v) is 3.41. The number of nitrogens with zero attached hydrogens (tertiary/aromatic N) is 1. The molecule has 0 atom stereocenters. The summed E-state index contributed by atoms with van der Waals surface area (Å²) in [5.41, 5.74) is 0.979. The minimum atomic E-state index is -3.61. The van der Waals surface area contributed by atoms with Crippen LogP contribution in [0.4, 0.5) is 0 Å². The van der Waals surface area contributed by atoms with Gasteiger partial charge in [0.25, 0.3) is 0 Å². The van der Waals surface area contributed by atoms with Crippen molar-refractivity contribution in [2.24, 2.45) is 0 Å². The fourth-order valence-electron chi connectivity index (χ4n) is 2.38. The second-order valence-electron chi connectivity index (χ2n) is 6.30. The van der Waals surface area contributed by atoms with E-state index in [0.717, 1.165) is 11.3 Å². The van der Waals surface area contributed by atoms with Crippen molar-refractivity contribution >= 4 is 15.9 Å². The molecular formula is C20H26N2O5S. The molecule has 0 aromatic heterocycles. The van der Waals surface area contributed by atoms with E-state index in [9.17, 15) is 13.2 Å². The van der Waals surface area contributed by atoms with Gasteiger partial charge in [0, 0.05) is 20.0 Å². The number of rotatable bonds is 10. The van der Waals surface area contributed by atoms with E-state index in [1.165, 1.54) is 4.90 Å². The van der Waals surface area contributed by atoms with Gasteiger partial charge in [-0.05, 0) is 43.3 Å². The molecule has 2 aromatic carbocycles. The predicted octanol–water partition coefficient (Wildman–Crippen LogP) is 2.21. The number of likely N-dealkylation sites (N-methyl/N-ethyl adjacent to an activating group) is 1. The molecular weight excluding hydrogens is 380 g/mol. The van der Waals surface area contributed by atoms with Gasteiger partial charge in [-0.25, -0.2) is 13.1 Å². The molecule has 1 amide bonds. The van der Waals surface area contributed by atoms with Gasteiger partial charge in [-0.3, -0.25) is 4.79 Å². The molecule has 0 saturated heterocycles. The first-order chi connectivity index (χ1) is 13.3. The summed E-state index contributed by atoms with van der Waals surface area (Å²) in [7, 11) is -0.357. The highest BCUT2D eigenvalue weighted by molar-refractivity contribution is 7.89. The van der Waals surface area contributed by atoms with E-state index in [1.807, 2.05) is 6.92 Å². The number of carbonyl (C=O) groups is 1. The van der Waals surface area contributed by atoms with Crippen molar-refractivity contribution in [3.05, 3.63) is 54.1 Å². The third-order valence-corrected chi connectivity index (χ3v) is 5.62. The molecule has 0 aliphatic carbocycles. The van der Waals surface area contributed by atoms with Crippen LogP contribution in [0.5, 0.6) is 11.5 Å². The lowest BCUT2D eigenvalue weighted by molar-refractivity contribution is -0.130. The Morgan fingerprint density at radius 1 is 1.04 bits per heavy atom. The van der Waals surface area contributed by atoms with Gasteiger partial charge in [0.15, 0.2) is 0 Å². The van der Waals surface area contributed by atoms with E-state index in [0.29, 0.717) is 18.9 Å². The zero-order chi connectivity index (χ0) is 20.6. The summed E-state index contributed by atoms with van der Waals surface area (Å²) in [4.78, 5) is 13.9. The van der Waals surface area contributed by atoms with Gasteiger partial charge >= 0.3 is 0 Å². The Morgan fingerprint density at radius 2 is 1.64 bits per heavy atom. The van der Waals surface area contributed by atoms with E-state index in [-0.39, 0.29) is 23.8 Å². The smallest absolute Gasteiger partial charge is 0.240 e. The van der Waals surface area contributed by atoms with Crippen molar-refractivity contribution in [1.82, 2.24) is 9.62 Å². The van der Waals surface area contributed by atoms with Crippen LogP contribution in [0, 0.1) is 6.92 Å². The molecule has 0 bridgehead atoms. The molecule has 2 rings (SSSR count). The minimum Gasteiger partial charge on any atom is -0.497 e. The molecule has 0 unspecified atom stereocenters. The molecule has 0 radical (unpaired) electrons. The summed E-state index contributed by atoms with van der Waals surface area (Å²) in [5.74, 6) is 1.27. The Kier molecular flexibility index (Phi) is 7.83.